The van der Waals surface area contributed by atoms with Gasteiger partial charge < -0.3 is 5.11 Å². The molecule has 1 heterocycles. The molecule has 2 nitrogen and oxygen atoms in total. The highest BCUT2D eigenvalue weighted by molar-refractivity contribution is 9.10. The maximum absolute atomic E-state index is 11.1. The molecule has 2 atom stereocenters. The molecule has 0 saturated heterocycles. The van der Waals surface area contributed by atoms with E-state index in [9.17, 15) is 5.11 Å². The Hall–Kier alpha value is -1.19. The van der Waals surface area contributed by atoms with Crippen LogP contribution < -0.4 is 0 Å². The lowest BCUT2D eigenvalue weighted by atomic mass is 9.72. The summed E-state index contributed by atoms with van der Waals surface area (Å²) in [7, 11) is 0. The molecular formula is C17H18BrNO. The van der Waals surface area contributed by atoms with Crippen molar-refractivity contribution in [1.29, 1.82) is 0 Å². The Morgan fingerprint density at radius 3 is 2.95 bits per heavy atom. The van der Waals surface area contributed by atoms with E-state index >= 15 is 0 Å². The van der Waals surface area contributed by atoms with Crippen molar-refractivity contribution in [1.82, 2.24) is 4.98 Å². The molecule has 0 saturated carbocycles. The number of nitrogens with zero attached hydrogens (tertiary/aromatic N) is 1. The fraction of sp³-hybridized carbons (Fsp3) is 0.353. The zero-order valence-electron chi connectivity index (χ0n) is 11.5. The Bertz CT molecular complexity index is 628. The van der Waals surface area contributed by atoms with Crippen molar-refractivity contribution in [3.63, 3.8) is 0 Å². The van der Waals surface area contributed by atoms with Gasteiger partial charge in [0.2, 0.25) is 0 Å². The zero-order valence-corrected chi connectivity index (χ0v) is 13.1. The number of hydrogen-bond acceptors (Lipinski definition) is 2. The molecule has 3 rings (SSSR count). The van der Waals surface area contributed by atoms with Crippen LogP contribution in [-0.2, 0) is 12.0 Å². The number of aliphatic hydroxyl groups is 1. The Morgan fingerprint density at radius 1 is 1.35 bits per heavy atom. The smallest absolute Gasteiger partial charge is 0.0940 e. The second kappa shape index (κ2) is 5.30. The highest BCUT2D eigenvalue weighted by Crippen LogP contribution is 2.42. The maximum Gasteiger partial charge on any atom is 0.0940 e. The van der Waals surface area contributed by atoms with E-state index in [0.717, 1.165) is 28.4 Å². The van der Waals surface area contributed by atoms with E-state index in [1.54, 1.807) is 6.20 Å². The number of benzene rings is 1. The fourth-order valence-corrected chi connectivity index (χ4v) is 3.58. The van der Waals surface area contributed by atoms with E-state index in [-0.39, 0.29) is 0 Å². The maximum atomic E-state index is 11.1. The summed E-state index contributed by atoms with van der Waals surface area (Å²) in [6.07, 6.45) is 6.05. The SMILES string of the molecule is CC1CCC(O)(Cc2cncc(Br)c2)c2ccccc21. The van der Waals surface area contributed by atoms with Crippen molar-refractivity contribution in [2.75, 3.05) is 0 Å². The largest absolute Gasteiger partial charge is 0.385 e. The number of rotatable bonds is 2. The molecule has 0 fully saturated rings. The molecule has 3 heteroatoms. The monoisotopic (exact) mass is 331 g/mol. The third-order valence-electron chi connectivity index (χ3n) is 4.24. The average molecular weight is 332 g/mol. The first-order chi connectivity index (χ1) is 9.58. The molecule has 104 valence electrons. The first-order valence-electron chi connectivity index (χ1n) is 7.00. The minimum absolute atomic E-state index is 0.520. The standard InChI is InChI=1S/C17H18BrNO/c1-12-6-7-17(20,16-5-3-2-4-15(12)16)9-13-8-14(18)11-19-10-13/h2-5,8,10-12,20H,6-7,9H2,1H3. The van der Waals surface area contributed by atoms with Gasteiger partial charge in [-0.15, -0.1) is 0 Å². The number of pyridine rings is 1. The van der Waals surface area contributed by atoms with Crippen LogP contribution in [-0.4, -0.2) is 10.1 Å². The predicted octanol–water partition coefficient (Wildman–Crippen LogP) is 4.17. The Morgan fingerprint density at radius 2 is 2.15 bits per heavy atom. The van der Waals surface area contributed by atoms with Crippen LogP contribution in [0.5, 0.6) is 0 Å². The van der Waals surface area contributed by atoms with Gasteiger partial charge in [-0.05, 0) is 57.4 Å². The number of fused-ring (bicyclic) bond motifs is 1. The third-order valence-corrected chi connectivity index (χ3v) is 4.68. The van der Waals surface area contributed by atoms with Crippen LogP contribution in [0.25, 0.3) is 0 Å². The fourth-order valence-electron chi connectivity index (χ4n) is 3.17. The van der Waals surface area contributed by atoms with Crippen LogP contribution in [0.2, 0.25) is 0 Å². The summed E-state index contributed by atoms with van der Waals surface area (Å²) in [5.41, 5.74) is 2.65. The molecule has 1 aliphatic carbocycles. The van der Waals surface area contributed by atoms with Crippen LogP contribution in [0, 0.1) is 0 Å². The Labute approximate surface area is 128 Å². The molecule has 1 N–H and O–H groups in total. The van der Waals surface area contributed by atoms with E-state index in [1.807, 2.05) is 18.3 Å². The quantitative estimate of drug-likeness (QED) is 0.895. The number of hydrogen-bond donors (Lipinski definition) is 1. The second-order valence-corrected chi connectivity index (χ2v) is 6.66. The van der Waals surface area contributed by atoms with Gasteiger partial charge in [0, 0.05) is 23.3 Å². The van der Waals surface area contributed by atoms with Crippen molar-refractivity contribution in [3.8, 4) is 0 Å². The van der Waals surface area contributed by atoms with Crippen molar-refractivity contribution >= 4 is 15.9 Å². The molecule has 2 aromatic rings. The summed E-state index contributed by atoms with van der Waals surface area (Å²) in [5.74, 6) is 0.520. The van der Waals surface area contributed by atoms with Gasteiger partial charge >= 0.3 is 0 Å². The van der Waals surface area contributed by atoms with Crippen LogP contribution in [0.1, 0.15) is 42.4 Å². The minimum Gasteiger partial charge on any atom is -0.385 e. The van der Waals surface area contributed by atoms with Gasteiger partial charge in [0.1, 0.15) is 0 Å². The molecule has 0 amide bonds. The van der Waals surface area contributed by atoms with Crippen molar-refractivity contribution < 1.29 is 5.11 Å². The van der Waals surface area contributed by atoms with Crippen molar-refractivity contribution in [2.45, 2.75) is 37.7 Å². The van der Waals surface area contributed by atoms with Gasteiger partial charge in [-0.2, -0.15) is 0 Å². The zero-order chi connectivity index (χ0) is 14.2. The lowest BCUT2D eigenvalue weighted by molar-refractivity contribution is 0.0158. The molecule has 0 bridgehead atoms. The van der Waals surface area contributed by atoms with Crippen LogP contribution in [0.3, 0.4) is 0 Å². The Kier molecular flexibility index (Phi) is 3.65. The summed E-state index contributed by atoms with van der Waals surface area (Å²) in [6, 6.07) is 10.3. The highest BCUT2D eigenvalue weighted by Gasteiger charge is 2.36. The van der Waals surface area contributed by atoms with Gasteiger partial charge in [0.05, 0.1) is 5.60 Å². The van der Waals surface area contributed by atoms with Crippen molar-refractivity contribution in [2.24, 2.45) is 0 Å². The van der Waals surface area contributed by atoms with Gasteiger partial charge in [-0.3, -0.25) is 4.98 Å². The second-order valence-electron chi connectivity index (χ2n) is 5.75. The predicted molar refractivity (Wildman–Crippen MR) is 83.6 cm³/mol. The molecule has 20 heavy (non-hydrogen) atoms. The van der Waals surface area contributed by atoms with Crippen LogP contribution >= 0.6 is 15.9 Å². The van der Waals surface area contributed by atoms with Crippen LogP contribution in [0.4, 0.5) is 0 Å². The van der Waals surface area contributed by atoms with Crippen molar-refractivity contribution in [3.05, 3.63) is 63.9 Å². The summed E-state index contributed by atoms with van der Waals surface area (Å²) in [4.78, 5) is 4.19. The molecule has 1 aromatic heterocycles. The molecule has 0 radical (unpaired) electrons. The van der Waals surface area contributed by atoms with E-state index < -0.39 is 5.60 Å². The third kappa shape index (κ3) is 2.52. The molecular weight excluding hydrogens is 314 g/mol. The van der Waals surface area contributed by atoms with E-state index in [0.29, 0.717) is 12.3 Å². The first kappa shape index (κ1) is 13.8. The van der Waals surface area contributed by atoms with Gasteiger partial charge in [-0.1, -0.05) is 31.2 Å². The highest BCUT2D eigenvalue weighted by atomic mass is 79.9. The van der Waals surface area contributed by atoms with E-state index in [2.05, 4.69) is 46.0 Å². The van der Waals surface area contributed by atoms with Gasteiger partial charge in [0.15, 0.2) is 0 Å². The average Bonchev–Trinajstić information content (AvgIpc) is 2.44. The topological polar surface area (TPSA) is 33.1 Å². The normalized spacial score (nSPS) is 25.2. The van der Waals surface area contributed by atoms with E-state index in [1.165, 1.54) is 5.56 Å². The van der Waals surface area contributed by atoms with E-state index in [4.69, 9.17) is 0 Å². The molecule has 1 aliphatic rings. The molecule has 2 unspecified atom stereocenters. The lowest BCUT2D eigenvalue weighted by Gasteiger charge is -2.37. The van der Waals surface area contributed by atoms with Gasteiger partial charge in [-0.25, -0.2) is 0 Å². The lowest BCUT2D eigenvalue weighted by Crippen LogP contribution is -2.34. The molecule has 0 spiro atoms. The van der Waals surface area contributed by atoms with Crippen LogP contribution in [0.15, 0.2) is 47.2 Å². The van der Waals surface area contributed by atoms with Gasteiger partial charge in [0.25, 0.3) is 0 Å². The summed E-state index contributed by atoms with van der Waals surface area (Å²) in [5, 5.41) is 11.1. The first-order valence-corrected chi connectivity index (χ1v) is 7.79. The molecule has 1 aromatic carbocycles. The minimum atomic E-state index is -0.772. The number of halogens is 1. The molecule has 0 aliphatic heterocycles. The summed E-state index contributed by atoms with van der Waals surface area (Å²) < 4.78 is 0.955. The summed E-state index contributed by atoms with van der Waals surface area (Å²) >= 11 is 3.44. The summed E-state index contributed by atoms with van der Waals surface area (Å²) in [6.45, 7) is 2.24. The number of aromatic nitrogens is 1. The Balaban J connectivity index is 1.98.